The van der Waals surface area contributed by atoms with Crippen LogP contribution >= 0.6 is 0 Å². The Hall–Kier alpha value is -4.86. The van der Waals surface area contributed by atoms with E-state index < -0.39 is 40.2 Å². The normalized spacial score (nSPS) is 19.5. The summed E-state index contributed by atoms with van der Waals surface area (Å²) in [7, 11) is 0. The lowest BCUT2D eigenvalue weighted by Crippen LogP contribution is -2.40. The van der Waals surface area contributed by atoms with Gasteiger partial charge in [-0.05, 0) is 45.9 Å². The topological polar surface area (TPSA) is 155 Å². The number of fused-ring (bicyclic) bond motifs is 4. The van der Waals surface area contributed by atoms with E-state index in [0.29, 0.717) is 16.6 Å². The molecule has 0 fully saturated rings. The van der Waals surface area contributed by atoms with Crippen molar-refractivity contribution < 1.29 is 39.2 Å². The lowest BCUT2D eigenvalue weighted by atomic mass is 9.70. The number of Topliss-reactive ketones (excluding diaryl/α,β-unsaturated/α-hetero) is 2. The van der Waals surface area contributed by atoms with Crippen molar-refractivity contribution >= 4 is 39.9 Å². The first kappa shape index (κ1) is 24.8. The van der Waals surface area contributed by atoms with Crippen molar-refractivity contribution in [1.29, 1.82) is 0 Å². The number of anilines is 1. The Bertz CT molecular complexity index is 1690. The summed E-state index contributed by atoms with van der Waals surface area (Å²) in [6.45, 7) is 5.49. The molecule has 1 aromatic heterocycles. The smallest absolute Gasteiger partial charge is 0.323 e. The van der Waals surface area contributed by atoms with E-state index in [9.17, 15) is 34.5 Å². The van der Waals surface area contributed by atoms with Gasteiger partial charge in [0.2, 0.25) is 0 Å². The molecule has 1 aliphatic heterocycles. The minimum absolute atomic E-state index is 0.0138. The van der Waals surface area contributed by atoms with Gasteiger partial charge in [-0.3, -0.25) is 19.2 Å². The number of ether oxygens (including phenoxy) is 1. The molecule has 38 heavy (non-hydrogen) atoms. The molecule has 5 rings (SSSR count). The number of hydrogen-bond acceptors (Lipinski definition) is 8. The monoisotopic (exact) mass is 516 g/mol. The molecular weight excluding hydrogens is 492 g/mol. The summed E-state index contributed by atoms with van der Waals surface area (Å²) in [6, 6.07) is 6.96. The molecule has 194 valence electrons. The number of carbonyl (C=O) groups is 4. The van der Waals surface area contributed by atoms with Gasteiger partial charge >= 0.3 is 5.97 Å². The molecule has 0 amide bonds. The highest BCUT2D eigenvalue weighted by atomic mass is 16.5. The number of nitrogens with zero attached hydrogens (tertiary/aromatic N) is 1. The van der Waals surface area contributed by atoms with E-state index in [1.54, 1.807) is 42.0 Å². The first-order chi connectivity index (χ1) is 17.9. The molecule has 2 heterocycles. The van der Waals surface area contributed by atoms with Crippen molar-refractivity contribution in [1.82, 2.24) is 4.57 Å². The predicted molar refractivity (Wildman–Crippen MR) is 136 cm³/mol. The molecule has 3 aromatic rings. The number of carbonyl (C=O) groups excluding carboxylic acids is 3. The predicted octanol–water partition coefficient (Wildman–Crippen LogP) is 3.72. The highest BCUT2D eigenvalue weighted by Crippen LogP contribution is 2.57. The number of rotatable bonds is 5. The number of ketones is 3. The maximum Gasteiger partial charge on any atom is 0.323 e. The zero-order valence-corrected chi connectivity index (χ0v) is 21.0. The highest BCUT2D eigenvalue weighted by Gasteiger charge is 2.56. The number of carboxylic acid groups (broad SMARTS) is 1. The molecule has 0 unspecified atom stereocenters. The SMILES string of the molecule is CC(=O)c1c(O)c(C)c(O)c2c1OC1=CC(=O)C(=C(C)Nc3cccc4c3ccn4CC(=O)O)C(=O)[C@@]12C. The van der Waals surface area contributed by atoms with Gasteiger partial charge < -0.3 is 29.9 Å². The first-order valence-electron chi connectivity index (χ1n) is 11.7. The van der Waals surface area contributed by atoms with Gasteiger partial charge in [0, 0.05) is 34.6 Å². The fraction of sp³-hybridized carbons (Fsp3) is 0.214. The number of aliphatic carboxylic acids is 1. The largest absolute Gasteiger partial charge is 0.507 e. The van der Waals surface area contributed by atoms with Crippen LogP contribution in [0.2, 0.25) is 0 Å². The van der Waals surface area contributed by atoms with E-state index in [1.165, 1.54) is 20.8 Å². The van der Waals surface area contributed by atoms with Crippen LogP contribution in [0.4, 0.5) is 5.69 Å². The van der Waals surface area contributed by atoms with Crippen LogP contribution in [0.25, 0.3) is 10.9 Å². The quantitative estimate of drug-likeness (QED) is 0.226. The zero-order valence-electron chi connectivity index (χ0n) is 21.0. The number of aromatic hydroxyl groups is 2. The van der Waals surface area contributed by atoms with Gasteiger partial charge in [0.05, 0.1) is 16.7 Å². The number of nitrogens with one attached hydrogen (secondary N) is 1. The average molecular weight is 517 g/mol. The summed E-state index contributed by atoms with van der Waals surface area (Å²) in [4.78, 5) is 50.7. The van der Waals surface area contributed by atoms with E-state index >= 15 is 0 Å². The van der Waals surface area contributed by atoms with Gasteiger partial charge in [-0.15, -0.1) is 0 Å². The standard InChI is InChI=1S/C28H24N2O8/c1-12-24(35)22(14(3)31)26-23(25(12)36)28(4)19(38-26)10-18(32)21(27(28)37)13(2)29-16-6-5-7-17-15(16)8-9-30(17)11-20(33)34/h5-10,29,35-36H,11H2,1-4H3,(H,33,34)/t28-/m0/s1. The van der Waals surface area contributed by atoms with Crippen LogP contribution in [-0.4, -0.2) is 43.2 Å². The molecule has 1 atom stereocenters. The molecule has 2 aromatic carbocycles. The van der Waals surface area contributed by atoms with Crippen molar-refractivity contribution in [3.05, 3.63) is 70.3 Å². The Kier molecular flexibility index (Phi) is 5.45. The van der Waals surface area contributed by atoms with Gasteiger partial charge in [0.1, 0.15) is 40.5 Å². The lowest BCUT2D eigenvalue weighted by Gasteiger charge is -2.29. The summed E-state index contributed by atoms with van der Waals surface area (Å²) in [6.07, 6.45) is 2.79. The summed E-state index contributed by atoms with van der Waals surface area (Å²) in [5, 5.41) is 34.4. The van der Waals surface area contributed by atoms with Crippen LogP contribution in [-0.2, 0) is 26.3 Å². The number of hydrogen-bond donors (Lipinski definition) is 4. The van der Waals surface area contributed by atoms with Crippen molar-refractivity contribution in [3.63, 3.8) is 0 Å². The summed E-state index contributed by atoms with van der Waals surface area (Å²) >= 11 is 0. The molecule has 0 spiro atoms. The van der Waals surface area contributed by atoms with Crippen LogP contribution in [0.15, 0.2) is 53.6 Å². The molecule has 0 bridgehead atoms. The van der Waals surface area contributed by atoms with E-state index in [2.05, 4.69) is 5.32 Å². The molecule has 10 heteroatoms. The first-order valence-corrected chi connectivity index (χ1v) is 11.7. The molecule has 0 saturated heterocycles. The van der Waals surface area contributed by atoms with E-state index in [4.69, 9.17) is 4.74 Å². The second kappa shape index (κ2) is 8.34. The Morgan fingerprint density at radius 1 is 1.11 bits per heavy atom. The van der Waals surface area contributed by atoms with E-state index in [0.717, 1.165) is 6.08 Å². The van der Waals surface area contributed by atoms with Crippen LogP contribution in [0.1, 0.15) is 42.3 Å². The minimum Gasteiger partial charge on any atom is -0.507 e. The fourth-order valence-corrected chi connectivity index (χ4v) is 5.24. The van der Waals surface area contributed by atoms with Crippen molar-refractivity contribution in [2.45, 2.75) is 39.7 Å². The third-order valence-electron chi connectivity index (χ3n) is 7.20. The summed E-state index contributed by atoms with van der Waals surface area (Å²) in [5.41, 5.74) is -0.476. The van der Waals surface area contributed by atoms with Gasteiger partial charge in [-0.1, -0.05) is 6.07 Å². The molecule has 10 nitrogen and oxygen atoms in total. The van der Waals surface area contributed by atoms with Gasteiger partial charge in [0.25, 0.3) is 0 Å². The molecule has 0 radical (unpaired) electrons. The summed E-state index contributed by atoms with van der Waals surface area (Å²) in [5.74, 6) is -3.83. The van der Waals surface area contributed by atoms with Crippen molar-refractivity contribution in [2.24, 2.45) is 0 Å². The molecule has 4 N–H and O–H groups in total. The third-order valence-corrected chi connectivity index (χ3v) is 7.20. The van der Waals surface area contributed by atoms with Crippen LogP contribution in [0.3, 0.4) is 0 Å². The number of benzene rings is 2. The minimum atomic E-state index is -1.62. The van der Waals surface area contributed by atoms with Crippen LogP contribution < -0.4 is 10.1 Å². The second-order valence-electron chi connectivity index (χ2n) is 9.59. The van der Waals surface area contributed by atoms with E-state index in [1.807, 2.05) is 0 Å². The number of phenols is 2. The zero-order chi connectivity index (χ0) is 27.7. The van der Waals surface area contributed by atoms with Crippen LogP contribution in [0.5, 0.6) is 17.2 Å². The fourth-order valence-electron chi connectivity index (χ4n) is 5.24. The maximum atomic E-state index is 14.0. The molecule has 1 aliphatic carbocycles. The summed E-state index contributed by atoms with van der Waals surface area (Å²) < 4.78 is 7.35. The average Bonchev–Trinajstić information content (AvgIpc) is 3.37. The second-order valence-corrected chi connectivity index (χ2v) is 9.59. The van der Waals surface area contributed by atoms with Crippen LogP contribution in [0, 0.1) is 6.92 Å². The van der Waals surface area contributed by atoms with E-state index in [-0.39, 0.29) is 46.0 Å². The van der Waals surface area contributed by atoms with Gasteiger partial charge in [0.15, 0.2) is 17.3 Å². The van der Waals surface area contributed by atoms with Crippen molar-refractivity contribution in [2.75, 3.05) is 5.32 Å². The number of phenolic OH excluding ortho intramolecular Hbond substituents is 2. The lowest BCUT2D eigenvalue weighted by molar-refractivity contribution is -0.137. The third kappa shape index (κ3) is 3.33. The van der Waals surface area contributed by atoms with Crippen molar-refractivity contribution in [3.8, 4) is 17.2 Å². The Morgan fingerprint density at radius 3 is 2.47 bits per heavy atom. The number of carboxylic acids is 1. The number of allylic oxidation sites excluding steroid dienone is 4. The highest BCUT2D eigenvalue weighted by molar-refractivity contribution is 6.31. The molecule has 2 aliphatic rings. The molecular formula is C28H24N2O8. The van der Waals surface area contributed by atoms with Gasteiger partial charge in [-0.25, -0.2) is 0 Å². The number of aromatic nitrogens is 1. The van der Waals surface area contributed by atoms with Gasteiger partial charge in [-0.2, -0.15) is 0 Å². The molecule has 0 saturated carbocycles. The Labute approximate surface area is 216 Å². The maximum absolute atomic E-state index is 14.0. The Balaban J connectivity index is 1.64. The Morgan fingerprint density at radius 2 is 1.82 bits per heavy atom.